The van der Waals surface area contributed by atoms with Crippen LogP contribution in [0.2, 0.25) is 0 Å². The summed E-state index contributed by atoms with van der Waals surface area (Å²) in [6.07, 6.45) is 1.84. The second kappa shape index (κ2) is 7.45. The van der Waals surface area contributed by atoms with Crippen LogP contribution in [0.15, 0.2) is 0 Å². The number of rotatable bonds is 6. The molecule has 0 bridgehead atoms. The summed E-state index contributed by atoms with van der Waals surface area (Å²) in [5.41, 5.74) is 5.83. The summed E-state index contributed by atoms with van der Waals surface area (Å²) < 4.78 is 0. The quantitative estimate of drug-likeness (QED) is 0.709. The van der Waals surface area contributed by atoms with Crippen molar-refractivity contribution < 1.29 is 14.7 Å². The van der Waals surface area contributed by atoms with Gasteiger partial charge in [0.25, 0.3) is 0 Å². The number of carboxylic acids is 1. The molecule has 0 radical (unpaired) electrons. The second-order valence-electron chi connectivity index (χ2n) is 5.29. The number of aliphatic carboxylic acids is 1. The van der Waals surface area contributed by atoms with Crippen LogP contribution in [0, 0.1) is 5.92 Å². The Kier molecular flexibility index (Phi) is 6.24. The fraction of sp³-hybridized carbons (Fsp3) is 0.846. The Labute approximate surface area is 114 Å². The zero-order chi connectivity index (χ0) is 14.4. The summed E-state index contributed by atoms with van der Waals surface area (Å²) in [7, 11) is 0. The number of carbonyl (C=O) groups is 2. The van der Waals surface area contributed by atoms with Gasteiger partial charge in [0.1, 0.15) is 0 Å². The lowest BCUT2D eigenvalue weighted by Crippen LogP contribution is -2.47. The van der Waals surface area contributed by atoms with Crippen molar-refractivity contribution in [2.45, 2.75) is 32.7 Å². The third-order valence-electron chi connectivity index (χ3n) is 3.64. The van der Waals surface area contributed by atoms with E-state index in [1.54, 1.807) is 11.8 Å². The molecule has 1 atom stereocenters. The average molecular weight is 271 g/mol. The van der Waals surface area contributed by atoms with Crippen LogP contribution < -0.4 is 5.73 Å². The van der Waals surface area contributed by atoms with E-state index in [4.69, 9.17) is 10.8 Å². The third-order valence-corrected chi connectivity index (χ3v) is 3.64. The fourth-order valence-electron chi connectivity index (χ4n) is 2.22. The predicted octanol–water partition coefficient (Wildman–Crippen LogP) is -0.0213. The Hall–Kier alpha value is -1.14. The molecule has 0 aromatic rings. The van der Waals surface area contributed by atoms with E-state index < -0.39 is 11.9 Å². The molecule has 110 valence electrons. The van der Waals surface area contributed by atoms with Crippen LogP contribution in [0.3, 0.4) is 0 Å². The topological polar surface area (TPSA) is 86.9 Å². The Balaban J connectivity index is 2.43. The number of amides is 1. The summed E-state index contributed by atoms with van der Waals surface area (Å²) in [5.74, 6) is -1.39. The Bertz CT molecular complexity index is 314. The molecule has 1 aliphatic rings. The van der Waals surface area contributed by atoms with Crippen molar-refractivity contribution in [2.75, 3.05) is 32.7 Å². The first-order valence-corrected chi connectivity index (χ1v) is 6.92. The number of piperidine rings is 1. The van der Waals surface area contributed by atoms with E-state index in [1.165, 1.54) is 0 Å². The van der Waals surface area contributed by atoms with E-state index in [0.29, 0.717) is 13.1 Å². The first-order valence-electron chi connectivity index (χ1n) is 6.92. The zero-order valence-corrected chi connectivity index (χ0v) is 11.8. The molecule has 1 rings (SSSR count). The number of nitrogens with zero attached hydrogens (tertiary/aromatic N) is 2. The van der Waals surface area contributed by atoms with Crippen LogP contribution in [0.1, 0.15) is 26.7 Å². The molecule has 0 aliphatic carbocycles. The highest BCUT2D eigenvalue weighted by Gasteiger charge is 2.23. The minimum Gasteiger partial charge on any atom is -0.481 e. The number of likely N-dealkylation sites (N-methyl/N-ethyl adjacent to an activating group) is 1. The lowest BCUT2D eigenvalue weighted by molar-refractivity contribution is -0.143. The highest BCUT2D eigenvalue weighted by Crippen LogP contribution is 2.09. The summed E-state index contributed by atoms with van der Waals surface area (Å²) >= 11 is 0. The van der Waals surface area contributed by atoms with Gasteiger partial charge in [0.2, 0.25) is 5.91 Å². The smallest absolute Gasteiger partial charge is 0.308 e. The molecule has 1 heterocycles. The average Bonchev–Trinajstić information content (AvgIpc) is 2.38. The molecule has 0 spiro atoms. The first-order chi connectivity index (χ1) is 8.93. The van der Waals surface area contributed by atoms with Crippen molar-refractivity contribution >= 4 is 11.9 Å². The molecule has 6 nitrogen and oxygen atoms in total. The van der Waals surface area contributed by atoms with Crippen LogP contribution >= 0.6 is 0 Å². The standard InChI is InChI=1S/C13H25N3O3/c1-3-16(8-10(2)13(18)19)12(17)9-15-6-4-11(14)5-7-15/h10-11H,3-9,14H2,1-2H3,(H,18,19). The fourth-order valence-corrected chi connectivity index (χ4v) is 2.22. The summed E-state index contributed by atoms with van der Waals surface area (Å²) in [4.78, 5) is 26.7. The molecule has 1 saturated heterocycles. The molecule has 1 amide bonds. The molecule has 3 N–H and O–H groups in total. The SMILES string of the molecule is CCN(CC(C)C(=O)O)C(=O)CN1CCC(N)CC1. The molecule has 1 fully saturated rings. The molecule has 0 aromatic heterocycles. The monoisotopic (exact) mass is 271 g/mol. The highest BCUT2D eigenvalue weighted by atomic mass is 16.4. The van der Waals surface area contributed by atoms with Gasteiger partial charge in [0.05, 0.1) is 12.5 Å². The van der Waals surface area contributed by atoms with E-state index in [2.05, 4.69) is 4.90 Å². The van der Waals surface area contributed by atoms with Crippen molar-refractivity contribution in [3.05, 3.63) is 0 Å². The van der Waals surface area contributed by atoms with Crippen LogP contribution in [0.5, 0.6) is 0 Å². The number of carboxylic acid groups (broad SMARTS) is 1. The third kappa shape index (κ3) is 5.16. The minimum atomic E-state index is -0.866. The van der Waals surface area contributed by atoms with Gasteiger partial charge in [-0.05, 0) is 19.8 Å². The van der Waals surface area contributed by atoms with E-state index >= 15 is 0 Å². The van der Waals surface area contributed by atoms with Crippen molar-refractivity contribution in [1.29, 1.82) is 0 Å². The van der Waals surface area contributed by atoms with Gasteiger partial charge in [-0.2, -0.15) is 0 Å². The number of carbonyl (C=O) groups excluding carboxylic acids is 1. The van der Waals surface area contributed by atoms with Gasteiger partial charge in [-0.3, -0.25) is 14.5 Å². The van der Waals surface area contributed by atoms with Crippen LogP contribution in [0.4, 0.5) is 0 Å². The molecule has 0 aromatic carbocycles. The number of nitrogens with two attached hydrogens (primary N) is 1. The molecular weight excluding hydrogens is 246 g/mol. The van der Waals surface area contributed by atoms with Crippen molar-refractivity contribution in [1.82, 2.24) is 9.80 Å². The van der Waals surface area contributed by atoms with E-state index in [-0.39, 0.29) is 18.5 Å². The summed E-state index contributed by atoms with van der Waals surface area (Å²) in [5, 5.41) is 8.90. The summed E-state index contributed by atoms with van der Waals surface area (Å²) in [6, 6.07) is 0.251. The maximum atomic E-state index is 12.1. The van der Waals surface area contributed by atoms with Crippen LogP contribution in [-0.4, -0.2) is 65.5 Å². The molecule has 1 aliphatic heterocycles. The Morgan fingerprint density at radius 3 is 2.47 bits per heavy atom. The van der Waals surface area contributed by atoms with Crippen LogP contribution in [0.25, 0.3) is 0 Å². The molecule has 1 unspecified atom stereocenters. The maximum Gasteiger partial charge on any atom is 0.308 e. The largest absolute Gasteiger partial charge is 0.481 e. The molecule has 19 heavy (non-hydrogen) atoms. The number of likely N-dealkylation sites (tertiary alicyclic amines) is 1. The Morgan fingerprint density at radius 1 is 1.42 bits per heavy atom. The van der Waals surface area contributed by atoms with Crippen LogP contribution in [-0.2, 0) is 9.59 Å². The van der Waals surface area contributed by atoms with E-state index in [9.17, 15) is 9.59 Å². The first kappa shape index (κ1) is 15.9. The minimum absolute atomic E-state index is 0.00562. The zero-order valence-electron chi connectivity index (χ0n) is 11.8. The highest BCUT2D eigenvalue weighted by molar-refractivity contribution is 5.79. The van der Waals surface area contributed by atoms with Gasteiger partial charge in [0.15, 0.2) is 0 Å². The second-order valence-corrected chi connectivity index (χ2v) is 5.29. The van der Waals surface area contributed by atoms with Gasteiger partial charge in [0, 0.05) is 32.2 Å². The van der Waals surface area contributed by atoms with Gasteiger partial charge in [-0.25, -0.2) is 0 Å². The number of hydrogen-bond donors (Lipinski definition) is 2. The van der Waals surface area contributed by atoms with Crippen molar-refractivity contribution in [2.24, 2.45) is 11.7 Å². The summed E-state index contributed by atoms with van der Waals surface area (Å²) in [6.45, 7) is 6.38. The molecule has 0 saturated carbocycles. The van der Waals surface area contributed by atoms with Crippen molar-refractivity contribution in [3.8, 4) is 0 Å². The lowest BCUT2D eigenvalue weighted by atomic mass is 10.1. The van der Waals surface area contributed by atoms with Gasteiger partial charge < -0.3 is 15.7 Å². The van der Waals surface area contributed by atoms with Gasteiger partial charge in [-0.15, -0.1) is 0 Å². The molecule has 6 heteroatoms. The molecular formula is C13H25N3O3. The van der Waals surface area contributed by atoms with Gasteiger partial charge in [-0.1, -0.05) is 6.92 Å². The van der Waals surface area contributed by atoms with E-state index in [1.807, 2.05) is 6.92 Å². The predicted molar refractivity (Wildman–Crippen MR) is 72.7 cm³/mol. The lowest BCUT2D eigenvalue weighted by Gasteiger charge is -2.32. The van der Waals surface area contributed by atoms with E-state index in [0.717, 1.165) is 25.9 Å². The Morgan fingerprint density at radius 2 is 2.00 bits per heavy atom. The normalized spacial score (nSPS) is 19.1. The number of hydrogen-bond acceptors (Lipinski definition) is 4. The van der Waals surface area contributed by atoms with Gasteiger partial charge >= 0.3 is 5.97 Å². The van der Waals surface area contributed by atoms with Crippen molar-refractivity contribution in [3.63, 3.8) is 0 Å². The maximum absolute atomic E-state index is 12.1.